The molecule has 1 aliphatic carbocycles. The first kappa shape index (κ1) is 12.2. The van der Waals surface area contributed by atoms with E-state index in [4.69, 9.17) is 5.73 Å². The number of nitrogen functional groups attached to an aromatic ring is 1. The van der Waals surface area contributed by atoms with Crippen LogP contribution in [0.2, 0.25) is 0 Å². The van der Waals surface area contributed by atoms with E-state index >= 15 is 0 Å². The average molecular weight is 253 g/mol. The molecule has 0 unspecified atom stereocenters. The number of anilines is 1. The summed E-state index contributed by atoms with van der Waals surface area (Å²) < 4.78 is 0. The van der Waals surface area contributed by atoms with Crippen LogP contribution in [-0.4, -0.2) is 9.97 Å². The van der Waals surface area contributed by atoms with Crippen molar-refractivity contribution < 1.29 is 0 Å². The molecule has 0 amide bonds. The predicted molar refractivity (Wildman–Crippen MR) is 78.0 cm³/mol. The van der Waals surface area contributed by atoms with Gasteiger partial charge in [-0.15, -0.1) is 0 Å². The van der Waals surface area contributed by atoms with Crippen LogP contribution in [0.3, 0.4) is 0 Å². The Morgan fingerprint density at radius 3 is 2.47 bits per heavy atom. The number of fused-ring (bicyclic) bond motifs is 1. The standard InChI is InChI=1S/C16H19N3/c1-10(2)11-6-8-12(9-7-11)16-18-14-5-3-4-13(14)15(17)19-16/h6-10H,3-5H2,1-2H3,(H2,17,18,19). The van der Waals surface area contributed by atoms with Crippen LogP contribution < -0.4 is 5.73 Å². The zero-order valence-electron chi connectivity index (χ0n) is 11.5. The molecule has 0 fully saturated rings. The third kappa shape index (κ3) is 2.21. The molecule has 98 valence electrons. The summed E-state index contributed by atoms with van der Waals surface area (Å²) in [5.74, 6) is 1.96. The van der Waals surface area contributed by atoms with Gasteiger partial charge in [0, 0.05) is 16.8 Å². The van der Waals surface area contributed by atoms with Gasteiger partial charge in [0.2, 0.25) is 0 Å². The van der Waals surface area contributed by atoms with Gasteiger partial charge in [-0.25, -0.2) is 9.97 Å². The van der Waals surface area contributed by atoms with Crippen molar-refractivity contribution >= 4 is 5.82 Å². The quantitative estimate of drug-likeness (QED) is 0.893. The molecule has 1 heterocycles. The molecule has 1 aromatic carbocycles. The molecular weight excluding hydrogens is 234 g/mol. The summed E-state index contributed by atoms with van der Waals surface area (Å²) in [6, 6.07) is 8.47. The van der Waals surface area contributed by atoms with Crippen molar-refractivity contribution in [3.63, 3.8) is 0 Å². The SMILES string of the molecule is CC(C)c1ccc(-c2nc(N)c3c(n2)CCC3)cc1. The van der Waals surface area contributed by atoms with Crippen molar-refractivity contribution in [3.05, 3.63) is 41.1 Å². The summed E-state index contributed by atoms with van der Waals surface area (Å²) in [6.07, 6.45) is 3.19. The van der Waals surface area contributed by atoms with Gasteiger partial charge in [0.15, 0.2) is 5.82 Å². The molecule has 0 bridgehead atoms. The fourth-order valence-electron chi connectivity index (χ4n) is 2.61. The third-order valence-electron chi connectivity index (χ3n) is 3.80. The molecule has 1 aliphatic rings. The molecule has 0 saturated carbocycles. The maximum absolute atomic E-state index is 6.04. The number of hydrogen-bond acceptors (Lipinski definition) is 3. The lowest BCUT2D eigenvalue weighted by molar-refractivity contribution is 0.866. The lowest BCUT2D eigenvalue weighted by atomic mass is 10.0. The molecular formula is C16H19N3. The highest BCUT2D eigenvalue weighted by Gasteiger charge is 2.18. The molecule has 0 saturated heterocycles. The average Bonchev–Trinajstić information content (AvgIpc) is 2.87. The Labute approximate surface area is 113 Å². The monoisotopic (exact) mass is 253 g/mol. The first-order chi connectivity index (χ1) is 9.15. The van der Waals surface area contributed by atoms with Gasteiger partial charge in [-0.2, -0.15) is 0 Å². The van der Waals surface area contributed by atoms with Crippen molar-refractivity contribution in [2.45, 2.75) is 39.0 Å². The van der Waals surface area contributed by atoms with E-state index in [9.17, 15) is 0 Å². The Hall–Kier alpha value is -1.90. The highest BCUT2D eigenvalue weighted by molar-refractivity contribution is 5.60. The van der Waals surface area contributed by atoms with E-state index in [1.54, 1.807) is 0 Å². The van der Waals surface area contributed by atoms with E-state index in [2.05, 4.69) is 48.1 Å². The van der Waals surface area contributed by atoms with Gasteiger partial charge in [-0.05, 0) is 30.7 Å². The van der Waals surface area contributed by atoms with E-state index in [0.29, 0.717) is 11.7 Å². The van der Waals surface area contributed by atoms with Crippen LogP contribution in [0.25, 0.3) is 11.4 Å². The number of aromatic nitrogens is 2. The summed E-state index contributed by atoms with van der Waals surface area (Å²) >= 11 is 0. The number of hydrogen-bond donors (Lipinski definition) is 1. The lowest BCUT2D eigenvalue weighted by Gasteiger charge is -2.08. The van der Waals surface area contributed by atoms with Crippen LogP contribution >= 0.6 is 0 Å². The van der Waals surface area contributed by atoms with Crippen molar-refractivity contribution in [1.82, 2.24) is 9.97 Å². The van der Waals surface area contributed by atoms with E-state index < -0.39 is 0 Å². The summed E-state index contributed by atoms with van der Waals surface area (Å²) in [5.41, 5.74) is 10.7. The van der Waals surface area contributed by atoms with Gasteiger partial charge < -0.3 is 5.73 Å². The summed E-state index contributed by atoms with van der Waals surface area (Å²) in [5, 5.41) is 0. The van der Waals surface area contributed by atoms with Gasteiger partial charge in [-0.3, -0.25) is 0 Å². The fraction of sp³-hybridized carbons (Fsp3) is 0.375. The summed E-state index contributed by atoms with van der Waals surface area (Å²) in [7, 11) is 0. The molecule has 19 heavy (non-hydrogen) atoms. The van der Waals surface area contributed by atoms with E-state index in [1.165, 1.54) is 5.56 Å². The van der Waals surface area contributed by atoms with Crippen molar-refractivity contribution in [1.29, 1.82) is 0 Å². The second kappa shape index (κ2) is 4.65. The zero-order valence-corrected chi connectivity index (χ0v) is 11.5. The zero-order chi connectivity index (χ0) is 13.4. The topological polar surface area (TPSA) is 51.8 Å². The summed E-state index contributed by atoms with van der Waals surface area (Å²) in [6.45, 7) is 4.39. The second-order valence-electron chi connectivity index (χ2n) is 5.49. The van der Waals surface area contributed by atoms with Gasteiger partial charge in [-0.1, -0.05) is 38.1 Å². The van der Waals surface area contributed by atoms with Crippen LogP contribution in [0.1, 0.15) is 43.0 Å². The number of aryl methyl sites for hydroxylation is 1. The minimum Gasteiger partial charge on any atom is -0.383 e. The van der Waals surface area contributed by atoms with Gasteiger partial charge in [0.25, 0.3) is 0 Å². The molecule has 0 aliphatic heterocycles. The van der Waals surface area contributed by atoms with Crippen LogP contribution in [0.5, 0.6) is 0 Å². The number of rotatable bonds is 2. The Bertz CT molecular complexity index is 600. The van der Waals surface area contributed by atoms with Crippen LogP contribution in [0.4, 0.5) is 5.82 Å². The highest BCUT2D eigenvalue weighted by Crippen LogP contribution is 2.28. The van der Waals surface area contributed by atoms with Gasteiger partial charge in [0.1, 0.15) is 5.82 Å². The largest absolute Gasteiger partial charge is 0.383 e. The Morgan fingerprint density at radius 1 is 1.05 bits per heavy atom. The maximum Gasteiger partial charge on any atom is 0.161 e. The van der Waals surface area contributed by atoms with Crippen LogP contribution in [0, 0.1) is 0 Å². The molecule has 2 aromatic rings. The molecule has 0 radical (unpaired) electrons. The minimum atomic E-state index is 0.542. The van der Waals surface area contributed by atoms with E-state index in [-0.39, 0.29) is 0 Å². The Kier molecular flexibility index (Phi) is 2.97. The van der Waals surface area contributed by atoms with E-state index in [1.807, 2.05) is 0 Å². The van der Waals surface area contributed by atoms with Crippen molar-refractivity contribution in [2.24, 2.45) is 0 Å². The molecule has 3 rings (SSSR count). The molecule has 2 N–H and O–H groups in total. The Morgan fingerprint density at radius 2 is 1.79 bits per heavy atom. The van der Waals surface area contributed by atoms with Gasteiger partial charge >= 0.3 is 0 Å². The third-order valence-corrected chi connectivity index (χ3v) is 3.80. The minimum absolute atomic E-state index is 0.542. The molecule has 0 spiro atoms. The van der Waals surface area contributed by atoms with Crippen molar-refractivity contribution in [2.75, 3.05) is 5.73 Å². The van der Waals surface area contributed by atoms with Gasteiger partial charge in [0.05, 0.1) is 0 Å². The van der Waals surface area contributed by atoms with E-state index in [0.717, 1.165) is 41.9 Å². The van der Waals surface area contributed by atoms with Crippen LogP contribution in [-0.2, 0) is 12.8 Å². The molecule has 3 heteroatoms. The normalized spacial score (nSPS) is 13.8. The number of benzene rings is 1. The predicted octanol–water partition coefficient (Wildman–Crippen LogP) is 3.34. The first-order valence-corrected chi connectivity index (χ1v) is 6.90. The lowest BCUT2D eigenvalue weighted by Crippen LogP contribution is -2.02. The Balaban J connectivity index is 2.00. The number of nitrogens with zero attached hydrogens (tertiary/aromatic N) is 2. The smallest absolute Gasteiger partial charge is 0.161 e. The second-order valence-corrected chi connectivity index (χ2v) is 5.49. The first-order valence-electron chi connectivity index (χ1n) is 6.90. The van der Waals surface area contributed by atoms with Crippen molar-refractivity contribution in [3.8, 4) is 11.4 Å². The van der Waals surface area contributed by atoms with Crippen LogP contribution in [0.15, 0.2) is 24.3 Å². The fourth-order valence-corrected chi connectivity index (χ4v) is 2.61. The maximum atomic E-state index is 6.04. The number of nitrogens with two attached hydrogens (primary N) is 1. The highest BCUT2D eigenvalue weighted by atomic mass is 15.0. The molecule has 1 aromatic heterocycles. The molecule has 3 nitrogen and oxygen atoms in total. The summed E-state index contributed by atoms with van der Waals surface area (Å²) in [4.78, 5) is 9.12. The molecule has 0 atom stereocenters.